The first-order valence-electron chi connectivity index (χ1n) is 9.16. The van der Waals surface area contributed by atoms with Crippen molar-refractivity contribution >= 4 is 41.2 Å². The molecule has 3 aromatic rings. The number of anilines is 1. The molecule has 3 rings (SSSR count). The highest BCUT2D eigenvalue weighted by molar-refractivity contribution is 7.99. The monoisotopic (exact) mass is 423 g/mol. The van der Waals surface area contributed by atoms with E-state index in [0.717, 1.165) is 26.1 Å². The Morgan fingerprint density at radius 3 is 2.28 bits per heavy atom. The topological polar surface area (TPSA) is 53.5 Å². The van der Waals surface area contributed by atoms with Crippen molar-refractivity contribution in [3.05, 3.63) is 88.4 Å². The van der Waals surface area contributed by atoms with E-state index in [0.29, 0.717) is 0 Å². The van der Waals surface area contributed by atoms with Crippen molar-refractivity contribution in [3.63, 3.8) is 0 Å². The molecule has 3 aromatic carbocycles. The molecule has 0 unspecified atom stereocenters. The van der Waals surface area contributed by atoms with Crippen LogP contribution in [-0.4, -0.2) is 18.7 Å². The summed E-state index contributed by atoms with van der Waals surface area (Å²) in [6.07, 6.45) is 1.63. The van der Waals surface area contributed by atoms with Gasteiger partial charge in [-0.15, -0.1) is 0 Å². The Bertz CT molecular complexity index is 1000. The molecule has 1 amide bonds. The summed E-state index contributed by atoms with van der Waals surface area (Å²) in [6, 6.07) is 21.7. The van der Waals surface area contributed by atoms with E-state index in [1.165, 1.54) is 11.1 Å². The Labute approximate surface area is 180 Å². The highest BCUT2D eigenvalue weighted by Crippen LogP contribution is 2.28. The molecule has 148 valence electrons. The molecule has 0 fully saturated rings. The molecule has 0 aromatic heterocycles. The van der Waals surface area contributed by atoms with Crippen LogP contribution in [0.4, 0.5) is 5.69 Å². The zero-order chi connectivity index (χ0) is 20.6. The maximum Gasteiger partial charge on any atom is 0.259 e. The van der Waals surface area contributed by atoms with Crippen LogP contribution < -0.4 is 10.7 Å². The fraction of sp³-hybridized carbons (Fsp3) is 0.130. The fourth-order valence-electron chi connectivity index (χ4n) is 2.51. The molecular weight excluding hydrogens is 402 g/mol. The minimum absolute atomic E-state index is 0.163. The van der Waals surface area contributed by atoms with Gasteiger partial charge in [0.25, 0.3) is 5.91 Å². The lowest BCUT2D eigenvalue weighted by atomic mass is 10.1. The quantitative estimate of drug-likeness (QED) is 0.380. The third-order valence-electron chi connectivity index (χ3n) is 4.29. The van der Waals surface area contributed by atoms with Crippen LogP contribution >= 0.6 is 23.4 Å². The summed E-state index contributed by atoms with van der Waals surface area (Å²) in [5, 5.41) is 7.85. The molecule has 0 aliphatic rings. The van der Waals surface area contributed by atoms with Crippen molar-refractivity contribution in [1.82, 2.24) is 5.43 Å². The van der Waals surface area contributed by atoms with Crippen molar-refractivity contribution in [3.8, 4) is 0 Å². The Morgan fingerprint density at radius 2 is 1.62 bits per heavy atom. The first-order chi connectivity index (χ1) is 14.0. The van der Waals surface area contributed by atoms with Gasteiger partial charge in [-0.2, -0.15) is 5.10 Å². The van der Waals surface area contributed by atoms with Gasteiger partial charge in [0.15, 0.2) is 0 Å². The lowest BCUT2D eigenvalue weighted by Gasteiger charge is -2.07. The van der Waals surface area contributed by atoms with Gasteiger partial charge in [0.2, 0.25) is 0 Å². The van der Waals surface area contributed by atoms with E-state index in [4.69, 9.17) is 11.6 Å². The van der Waals surface area contributed by atoms with E-state index in [-0.39, 0.29) is 12.5 Å². The molecule has 0 saturated carbocycles. The molecule has 0 saturated heterocycles. The van der Waals surface area contributed by atoms with Crippen LogP contribution in [0.1, 0.15) is 16.7 Å². The van der Waals surface area contributed by atoms with Gasteiger partial charge >= 0.3 is 0 Å². The number of carbonyl (C=O) groups excluding carboxylic acids is 1. The lowest BCUT2D eigenvalue weighted by Crippen LogP contribution is -2.25. The van der Waals surface area contributed by atoms with Gasteiger partial charge in [-0.05, 0) is 79.1 Å². The number of nitrogens with zero attached hydrogens (tertiary/aromatic N) is 1. The first-order valence-corrected chi connectivity index (χ1v) is 10.4. The van der Waals surface area contributed by atoms with Crippen molar-refractivity contribution in [1.29, 1.82) is 0 Å². The summed E-state index contributed by atoms with van der Waals surface area (Å²) in [5.74, 6) is -0.200. The average molecular weight is 424 g/mol. The van der Waals surface area contributed by atoms with Crippen molar-refractivity contribution in [2.45, 2.75) is 23.6 Å². The van der Waals surface area contributed by atoms with Gasteiger partial charge in [-0.3, -0.25) is 4.79 Å². The molecule has 0 aliphatic heterocycles. The van der Waals surface area contributed by atoms with Gasteiger partial charge in [0, 0.05) is 20.5 Å². The van der Waals surface area contributed by atoms with Crippen LogP contribution in [0, 0.1) is 13.8 Å². The second-order valence-corrected chi connectivity index (χ2v) is 8.15. The molecule has 0 bridgehead atoms. The van der Waals surface area contributed by atoms with E-state index >= 15 is 0 Å². The number of halogens is 1. The summed E-state index contributed by atoms with van der Waals surface area (Å²) in [6.45, 7) is 4.27. The Balaban J connectivity index is 1.46. The van der Waals surface area contributed by atoms with Crippen molar-refractivity contribution in [2.24, 2.45) is 5.10 Å². The fourth-order valence-corrected chi connectivity index (χ4v) is 3.46. The minimum Gasteiger partial charge on any atom is -0.376 e. The number of amides is 1. The highest BCUT2D eigenvalue weighted by atomic mass is 35.5. The number of aryl methyl sites for hydroxylation is 2. The van der Waals surface area contributed by atoms with E-state index < -0.39 is 0 Å². The maximum atomic E-state index is 11.9. The van der Waals surface area contributed by atoms with Gasteiger partial charge in [-0.1, -0.05) is 41.6 Å². The molecule has 29 heavy (non-hydrogen) atoms. The molecule has 0 aliphatic carbocycles. The summed E-state index contributed by atoms with van der Waals surface area (Å²) in [5.41, 5.74) is 6.78. The first kappa shape index (κ1) is 21.0. The maximum absolute atomic E-state index is 11.9. The Hall–Kier alpha value is -2.76. The van der Waals surface area contributed by atoms with Crippen LogP contribution in [0.3, 0.4) is 0 Å². The largest absolute Gasteiger partial charge is 0.376 e. The zero-order valence-electron chi connectivity index (χ0n) is 16.3. The summed E-state index contributed by atoms with van der Waals surface area (Å²) in [7, 11) is 0. The van der Waals surface area contributed by atoms with Crippen molar-refractivity contribution < 1.29 is 4.79 Å². The molecule has 6 heteroatoms. The Morgan fingerprint density at radius 1 is 0.966 bits per heavy atom. The standard InChI is InChI=1S/C23H22ClN3OS/c1-16-3-8-20(13-17(16)2)25-15-23(28)27-26-14-18-4-9-21(10-5-18)29-22-11-6-19(24)7-12-22/h3-14,25H,15H2,1-2H3,(H,27,28)/b26-14-. The SMILES string of the molecule is Cc1ccc(NCC(=O)N/N=C\c2ccc(Sc3ccc(Cl)cc3)cc2)cc1C. The lowest BCUT2D eigenvalue weighted by molar-refractivity contribution is -0.119. The third-order valence-corrected chi connectivity index (χ3v) is 5.56. The van der Waals surface area contributed by atoms with Crippen LogP contribution in [-0.2, 0) is 4.79 Å². The molecular formula is C23H22ClN3OS. The average Bonchev–Trinajstić information content (AvgIpc) is 2.72. The number of benzene rings is 3. The molecule has 2 N–H and O–H groups in total. The predicted molar refractivity (Wildman–Crippen MR) is 122 cm³/mol. The van der Waals surface area contributed by atoms with Gasteiger partial charge in [-0.25, -0.2) is 5.43 Å². The predicted octanol–water partition coefficient (Wildman–Crippen LogP) is 5.67. The van der Waals surface area contributed by atoms with Crippen LogP contribution in [0.25, 0.3) is 0 Å². The number of nitrogens with one attached hydrogen (secondary N) is 2. The van der Waals surface area contributed by atoms with Gasteiger partial charge in [0.1, 0.15) is 0 Å². The van der Waals surface area contributed by atoms with Gasteiger partial charge in [0.05, 0.1) is 12.8 Å². The molecule has 0 radical (unpaired) electrons. The summed E-state index contributed by atoms with van der Waals surface area (Å²) in [4.78, 5) is 14.2. The molecule has 0 atom stereocenters. The Kier molecular flexibility index (Phi) is 7.33. The number of rotatable bonds is 7. The second kappa shape index (κ2) is 10.1. The highest BCUT2D eigenvalue weighted by Gasteiger charge is 2.01. The van der Waals surface area contributed by atoms with E-state index in [2.05, 4.69) is 22.8 Å². The smallest absolute Gasteiger partial charge is 0.259 e. The van der Waals surface area contributed by atoms with Crippen LogP contribution in [0.2, 0.25) is 5.02 Å². The van der Waals surface area contributed by atoms with E-state index in [1.807, 2.05) is 73.7 Å². The number of hydrogen-bond donors (Lipinski definition) is 2. The minimum atomic E-state index is -0.200. The zero-order valence-corrected chi connectivity index (χ0v) is 17.8. The summed E-state index contributed by atoms with van der Waals surface area (Å²) < 4.78 is 0. The molecule has 0 spiro atoms. The number of hydrazone groups is 1. The molecule has 4 nitrogen and oxygen atoms in total. The second-order valence-electron chi connectivity index (χ2n) is 6.57. The van der Waals surface area contributed by atoms with Gasteiger partial charge < -0.3 is 5.32 Å². The normalized spacial score (nSPS) is 10.9. The molecule has 0 heterocycles. The number of hydrogen-bond acceptors (Lipinski definition) is 4. The van der Waals surface area contributed by atoms with E-state index in [9.17, 15) is 4.79 Å². The summed E-state index contributed by atoms with van der Waals surface area (Å²) >= 11 is 7.57. The van der Waals surface area contributed by atoms with Crippen molar-refractivity contribution in [2.75, 3.05) is 11.9 Å². The third kappa shape index (κ3) is 6.66. The van der Waals surface area contributed by atoms with Crippen LogP contribution in [0.15, 0.2) is 81.6 Å². The number of carbonyl (C=O) groups is 1. The van der Waals surface area contributed by atoms with Crippen LogP contribution in [0.5, 0.6) is 0 Å². The van der Waals surface area contributed by atoms with E-state index in [1.54, 1.807) is 18.0 Å².